The Kier molecular flexibility index (Phi) is 3.76. The van der Waals surface area contributed by atoms with Crippen LogP contribution < -0.4 is 0 Å². The van der Waals surface area contributed by atoms with Crippen molar-refractivity contribution in [3.8, 4) is 0 Å². The van der Waals surface area contributed by atoms with Crippen molar-refractivity contribution in [1.82, 2.24) is 0 Å². The maximum Gasteiger partial charge on any atom is 0.309 e. The SMILES string of the molecule is C=CCC(=O)OCc1ccccc1. The number of esters is 1. The summed E-state index contributed by atoms with van der Waals surface area (Å²) in [6.45, 7) is 3.80. The molecule has 0 bridgehead atoms. The maximum atomic E-state index is 10.9. The molecular formula is C11H12O2. The second kappa shape index (κ2) is 5.14. The van der Waals surface area contributed by atoms with E-state index in [4.69, 9.17) is 4.74 Å². The zero-order valence-corrected chi connectivity index (χ0v) is 7.40. The number of hydrogen-bond donors (Lipinski definition) is 0. The predicted octanol–water partition coefficient (Wildman–Crippen LogP) is 2.31. The Morgan fingerprint density at radius 3 is 2.69 bits per heavy atom. The van der Waals surface area contributed by atoms with Crippen molar-refractivity contribution in [2.45, 2.75) is 13.0 Å². The van der Waals surface area contributed by atoms with Crippen LogP contribution in [-0.4, -0.2) is 5.97 Å². The van der Waals surface area contributed by atoms with Gasteiger partial charge in [0.05, 0.1) is 6.42 Å². The second-order valence-electron chi connectivity index (χ2n) is 2.64. The molecule has 0 amide bonds. The highest BCUT2D eigenvalue weighted by Gasteiger charge is 1.98. The van der Waals surface area contributed by atoms with Gasteiger partial charge in [0, 0.05) is 0 Å². The van der Waals surface area contributed by atoms with E-state index in [0.29, 0.717) is 6.61 Å². The summed E-state index contributed by atoms with van der Waals surface area (Å²) in [4.78, 5) is 10.9. The summed E-state index contributed by atoms with van der Waals surface area (Å²) in [6, 6.07) is 9.59. The van der Waals surface area contributed by atoms with Crippen molar-refractivity contribution in [3.05, 3.63) is 48.6 Å². The molecule has 0 atom stereocenters. The fourth-order valence-electron chi connectivity index (χ4n) is 0.915. The van der Waals surface area contributed by atoms with Crippen molar-refractivity contribution in [2.75, 3.05) is 0 Å². The molecule has 1 rings (SSSR count). The summed E-state index contributed by atoms with van der Waals surface area (Å²) in [5, 5.41) is 0. The Balaban J connectivity index is 2.35. The second-order valence-corrected chi connectivity index (χ2v) is 2.64. The molecule has 0 aromatic heterocycles. The van der Waals surface area contributed by atoms with Crippen molar-refractivity contribution in [3.63, 3.8) is 0 Å². The standard InChI is InChI=1S/C11H12O2/c1-2-6-11(12)13-9-10-7-4-3-5-8-10/h2-5,7-8H,1,6,9H2. The topological polar surface area (TPSA) is 26.3 Å². The van der Waals surface area contributed by atoms with Crippen molar-refractivity contribution in [1.29, 1.82) is 0 Å². The summed E-state index contributed by atoms with van der Waals surface area (Å²) in [6.07, 6.45) is 1.81. The monoisotopic (exact) mass is 176 g/mol. The molecule has 0 N–H and O–H groups in total. The predicted molar refractivity (Wildman–Crippen MR) is 51.1 cm³/mol. The number of carbonyl (C=O) groups is 1. The van der Waals surface area contributed by atoms with Crippen molar-refractivity contribution in [2.24, 2.45) is 0 Å². The fraction of sp³-hybridized carbons (Fsp3) is 0.182. The zero-order valence-electron chi connectivity index (χ0n) is 7.40. The van der Waals surface area contributed by atoms with Gasteiger partial charge in [0.1, 0.15) is 6.61 Å². The molecule has 0 aliphatic heterocycles. The number of ether oxygens (including phenoxy) is 1. The minimum absolute atomic E-state index is 0.237. The zero-order chi connectivity index (χ0) is 9.52. The van der Waals surface area contributed by atoms with E-state index in [-0.39, 0.29) is 12.4 Å². The molecule has 13 heavy (non-hydrogen) atoms. The van der Waals surface area contributed by atoms with E-state index in [1.54, 1.807) is 0 Å². The minimum atomic E-state index is -0.237. The number of benzene rings is 1. The van der Waals surface area contributed by atoms with E-state index in [1.807, 2.05) is 30.3 Å². The van der Waals surface area contributed by atoms with Gasteiger partial charge < -0.3 is 4.74 Å². The molecule has 1 aromatic rings. The van der Waals surface area contributed by atoms with Crippen LogP contribution in [-0.2, 0) is 16.1 Å². The summed E-state index contributed by atoms with van der Waals surface area (Å²) >= 11 is 0. The lowest BCUT2D eigenvalue weighted by molar-refractivity contribution is -0.143. The highest BCUT2D eigenvalue weighted by molar-refractivity contribution is 5.70. The third kappa shape index (κ3) is 3.56. The van der Waals surface area contributed by atoms with E-state index in [0.717, 1.165) is 5.56 Å². The molecule has 0 aliphatic carbocycles. The summed E-state index contributed by atoms with van der Waals surface area (Å²) in [5.74, 6) is -0.237. The molecule has 0 saturated heterocycles. The first-order valence-corrected chi connectivity index (χ1v) is 4.13. The number of rotatable bonds is 4. The molecule has 0 saturated carbocycles. The van der Waals surface area contributed by atoms with E-state index in [1.165, 1.54) is 6.08 Å². The van der Waals surface area contributed by atoms with Gasteiger partial charge in [-0.15, -0.1) is 6.58 Å². The van der Waals surface area contributed by atoms with Gasteiger partial charge in [0.15, 0.2) is 0 Å². The summed E-state index contributed by atoms with van der Waals surface area (Å²) in [7, 11) is 0. The number of carbonyl (C=O) groups excluding carboxylic acids is 1. The quantitative estimate of drug-likeness (QED) is 0.519. The van der Waals surface area contributed by atoms with Crippen LogP contribution in [0.4, 0.5) is 0 Å². The molecule has 0 radical (unpaired) electrons. The van der Waals surface area contributed by atoms with Crippen molar-refractivity contribution < 1.29 is 9.53 Å². The Labute approximate surface area is 77.8 Å². The molecule has 0 spiro atoms. The molecule has 2 nitrogen and oxygen atoms in total. The smallest absolute Gasteiger partial charge is 0.309 e. The molecule has 1 aromatic carbocycles. The highest BCUT2D eigenvalue weighted by atomic mass is 16.5. The van der Waals surface area contributed by atoms with Gasteiger partial charge in [-0.1, -0.05) is 36.4 Å². The van der Waals surface area contributed by atoms with Gasteiger partial charge in [-0.25, -0.2) is 0 Å². The minimum Gasteiger partial charge on any atom is -0.461 e. The highest BCUT2D eigenvalue weighted by Crippen LogP contribution is 2.01. The van der Waals surface area contributed by atoms with Gasteiger partial charge in [-0.05, 0) is 5.56 Å². The normalized spacial score (nSPS) is 9.23. The van der Waals surface area contributed by atoms with E-state index >= 15 is 0 Å². The van der Waals surface area contributed by atoms with E-state index < -0.39 is 0 Å². The lowest BCUT2D eigenvalue weighted by atomic mass is 10.2. The molecule has 0 heterocycles. The molecule has 2 heteroatoms. The van der Waals surface area contributed by atoms with Gasteiger partial charge in [-0.2, -0.15) is 0 Å². The average Bonchev–Trinajstić information content (AvgIpc) is 2.17. The summed E-state index contributed by atoms with van der Waals surface area (Å²) in [5.41, 5.74) is 1.000. The van der Waals surface area contributed by atoms with Crippen molar-refractivity contribution >= 4 is 5.97 Å². The Hall–Kier alpha value is -1.57. The molecular weight excluding hydrogens is 164 g/mol. The van der Waals surface area contributed by atoms with Gasteiger partial charge >= 0.3 is 5.97 Å². The van der Waals surface area contributed by atoms with Gasteiger partial charge in [0.25, 0.3) is 0 Å². The third-order valence-electron chi connectivity index (χ3n) is 1.55. The Morgan fingerprint density at radius 1 is 1.38 bits per heavy atom. The van der Waals surface area contributed by atoms with Crippen LogP contribution in [0, 0.1) is 0 Å². The number of hydrogen-bond acceptors (Lipinski definition) is 2. The van der Waals surface area contributed by atoms with Crippen LogP contribution in [0.25, 0.3) is 0 Å². The molecule has 0 aliphatic rings. The lowest BCUT2D eigenvalue weighted by Crippen LogP contribution is -2.02. The fourth-order valence-corrected chi connectivity index (χ4v) is 0.915. The first-order chi connectivity index (χ1) is 6.33. The average molecular weight is 176 g/mol. The molecule has 0 unspecified atom stereocenters. The van der Waals surface area contributed by atoms with Crippen LogP contribution in [0.3, 0.4) is 0 Å². The first-order valence-electron chi connectivity index (χ1n) is 4.13. The van der Waals surface area contributed by atoms with E-state index in [2.05, 4.69) is 6.58 Å². The largest absolute Gasteiger partial charge is 0.461 e. The van der Waals surface area contributed by atoms with E-state index in [9.17, 15) is 4.79 Å². The third-order valence-corrected chi connectivity index (χ3v) is 1.55. The van der Waals surface area contributed by atoms with Crippen LogP contribution in [0.1, 0.15) is 12.0 Å². The Morgan fingerprint density at radius 2 is 2.08 bits per heavy atom. The van der Waals surface area contributed by atoms with Crippen LogP contribution >= 0.6 is 0 Å². The Bertz CT molecular complexity index is 277. The molecule has 68 valence electrons. The van der Waals surface area contributed by atoms with Gasteiger partial charge in [0.2, 0.25) is 0 Å². The van der Waals surface area contributed by atoms with Crippen LogP contribution in [0.2, 0.25) is 0 Å². The van der Waals surface area contributed by atoms with Crippen LogP contribution in [0.15, 0.2) is 43.0 Å². The lowest BCUT2D eigenvalue weighted by Gasteiger charge is -2.02. The first kappa shape index (κ1) is 9.52. The molecule has 0 fully saturated rings. The van der Waals surface area contributed by atoms with Gasteiger partial charge in [-0.3, -0.25) is 4.79 Å². The summed E-state index contributed by atoms with van der Waals surface area (Å²) < 4.78 is 4.96. The van der Waals surface area contributed by atoms with Crippen LogP contribution in [0.5, 0.6) is 0 Å². The maximum absolute atomic E-state index is 10.9.